The number of nitrogen functional groups attached to an aromatic ring is 1. The van der Waals surface area contributed by atoms with Crippen molar-refractivity contribution in [1.82, 2.24) is 0 Å². The number of hydrogen-bond acceptors (Lipinski definition) is 3. The molecule has 0 saturated carbocycles. The number of anilines is 2. The molecule has 18 heavy (non-hydrogen) atoms. The Morgan fingerprint density at radius 2 is 1.83 bits per heavy atom. The van der Waals surface area contributed by atoms with E-state index < -0.39 is 0 Å². The van der Waals surface area contributed by atoms with Crippen molar-refractivity contribution in [2.75, 3.05) is 56.5 Å². The van der Waals surface area contributed by atoms with Crippen LogP contribution in [0.1, 0.15) is 6.92 Å². The summed E-state index contributed by atoms with van der Waals surface area (Å²) < 4.78 is 1.04. The SMILES string of the molecule is CC[N+]1(CCO)CCN(c2ccc(N)cc2)CC1. The van der Waals surface area contributed by atoms with Crippen LogP contribution in [-0.2, 0) is 0 Å². The van der Waals surface area contributed by atoms with Crippen LogP contribution in [0.25, 0.3) is 0 Å². The Labute approximate surface area is 109 Å². The topological polar surface area (TPSA) is 49.5 Å². The molecule has 1 aliphatic rings. The molecule has 1 heterocycles. The van der Waals surface area contributed by atoms with Gasteiger partial charge in [-0.2, -0.15) is 0 Å². The number of rotatable bonds is 4. The number of piperazine rings is 1. The van der Waals surface area contributed by atoms with Crippen LogP contribution < -0.4 is 10.6 Å². The molecule has 0 amide bonds. The molecule has 0 spiro atoms. The van der Waals surface area contributed by atoms with E-state index in [9.17, 15) is 5.11 Å². The standard InChI is InChI=1S/C14H24N3O/c1-2-17(11-12-18)9-7-16(8-10-17)14-5-3-13(15)4-6-14/h3-6,18H,2,7-12,15H2,1H3/q+1. The minimum absolute atomic E-state index is 0.287. The van der Waals surface area contributed by atoms with Crippen molar-refractivity contribution in [3.05, 3.63) is 24.3 Å². The molecule has 2 rings (SSSR count). The molecule has 1 saturated heterocycles. The fourth-order valence-corrected chi connectivity index (χ4v) is 2.74. The number of likely N-dealkylation sites (N-methyl/N-ethyl adjacent to an activating group) is 1. The van der Waals surface area contributed by atoms with Crippen molar-refractivity contribution in [2.45, 2.75) is 6.92 Å². The van der Waals surface area contributed by atoms with E-state index in [1.54, 1.807) is 0 Å². The molecule has 3 N–H and O–H groups in total. The first kappa shape index (κ1) is 13.2. The molecule has 0 atom stereocenters. The molecule has 0 aliphatic carbocycles. The van der Waals surface area contributed by atoms with Gasteiger partial charge in [-0.05, 0) is 31.2 Å². The molecule has 0 bridgehead atoms. The van der Waals surface area contributed by atoms with Crippen molar-refractivity contribution in [2.24, 2.45) is 0 Å². The Balaban J connectivity index is 1.99. The summed E-state index contributed by atoms with van der Waals surface area (Å²) in [5.74, 6) is 0. The number of quaternary nitrogens is 1. The van der Waals surface area contributed by atoms with Gasteiger partial charge in [0.1, 0.15) is 6.54 Å². The number of nitrogens with zero attached hydrogens (tertiary/aromatic N) is 2. The summed E-state index contributed by atoms with van der Waals surface area (Å²) in [4.78, 5) is 2.41. The average Bonchev–Trinajstić information content (AvgIpc) is 2.41. The maximum absolute atomic E-state index is 9.19. The maximum atomic E-state index is 9.19. The lowest BCUT2D eigenvalue weighted by molar-refractivity contribution is -0.927. The highest BCUT2D eigenvalue weighted by Gasteiger charge is 2.30. The molecule has 1 fully saturated rings. The van der Waals surface area contributed by atoms with Crippen LogP contribution in [-0.4, -0.2) is 55.5 Å². The summed E-state index contributed by atoms with van der Waals surface area (Å²) in [6.45, 7) is 8.82. The first-order valence-electron chi connectivity index (χ1n) is 6.75. The van der Waals surface area contributed by atoms with Crippen LogP contribution in [0.15, 0.2) is 24.3 Å². The molecule has 1 aromatic carbocycles. The molecule has 4 heteroatoms. The van der Waals surface area contributed by atoms with Gasteiger partial charge in [0, 0.05) is 11.4 Å². The Morgan fingerprint density at radius 3 is 2.33 bits per heavy atom. The quantitative estimate of drug-likeness (QED) is 0.617. The van der Waals surface area contributed by atoms with Crippen molar-refractivity contribution in [3.8, 4) is 0 Å². The van der Waals surface area contributed by atoms with Gasteiger partial charge in [0.2, 0.25) is 0 Å². The highest BCUT2D eigenvalue weighted by atomic mass is 16.3. The average molecular weight is 250 g/mol. The smallest absolute Gasteiger partial charge is 0.102 e. The maximum Gasteiger partial charge on any atom is 0.102 e. The molecular formula is C14H24N3O+. The van der Waals surface area contributed by atoms with E-state index in [4.69, 9.17) is 5.73 Å². The normalized spacial score (nSPS) is 18.9. The molecule has 1 aliphatic heterocycles. The van der Waals surface area contributed by atoms with E-state index in [2.05, 4.69) is 24.0 Å². The summed E-state index contributed by atoms with van der Waals surface area (Å²) in [6, 6.07) is 8.10. The van der Waals surface area contributed by atoms with Crippen LogP contribution >= 0.6 is 0 Å². The Bertz CT molecular complexity index is 369. The lowest BCUT2D eigenvalue weighted by Crippen LogP contribution is -2.60. The third-order valence-electron chi connectivity index (χ3n) is 4.19. The van der Waals surface area contributed by atoms with Gasteiger partial charge >= 0.3 is 0 Å². The third-order valence-corrected chi connectivity index (χ3v) is 4.19. The largest absolute Gasteiger partial charge is 0.399 e. The zero-order chi connectivity index (χ0) is 13.0. The molecule has 4 nitrogen and oxygen atoms in total. The first-order valence-corrected chi connectivity index (χ1v) is 6.75. The monoisotopic (exact) mass is 250 g/mol. The summed E-state index contributed by atoms with van der Waals surface area (Å²) in [6.07, 6.45) is 0. The van der Waals surface area contributed by atoms with Gasteiger partial charge in [-0.1, -0.05) is 0 Å². The van der Waals surface area contributed by atoms with Gasteiger partial charge < -0.3 is 20.2 Å². The van der Waals surface area contributed by atoms with Gasteiger partial charge in [-0.15, -0.1) is 0 Å². The number of hydrogen-bond donors (Lipinski definition) is 2. The van der Waals surface area contributed by atoms with Crippen molar-refractivity contribution >= 4 is 11.4 Å². The highest BCUT2D eigenvalue weighted by Crippen LogP contribution is 2.20. The predicted molar refractivity (Wildman–Crippen MR) is 75.6 cm³/mol. The van der Waals surface area contributed by atoms with Crippen LogP contribution in [0.3, 0.4) is 0 Å². The number of benzene rings is 1. The lowest BCUT2D eigenvalue weighted by Gasteiger charge is -2.44. The van der Waals surface area contributed by atoms with Gasteiger partial charge in [0.25, 0.3) is 0 Å². The van der Waals surface area contributed by atoms with Crippen LogP contribution in [0.5, 0.6) is 0 Å². The second-order valence-corrected chi connectivity index (χ2v) is 5.13. The molecule has 1 aromatic rings. The summed E-state index contributed by atoms with van der Waals surface area (Å²) >= 11 is 0. The number of nitrogens with two attached hydrogens (primary N) is 1. The van der Waals surface area contributed by atoms with Crippen LogP contribution in [0, 0.1) is 0 Å². The van der Waals surface area contributed by atoms with Crippen LogP contribution in [0.2, 0.25) is 0 Å². The third kappa shape index (κ3) is 2.76. The second-order valence-electron chi connectivity index (χ2n) is 5.13. The van der Waals surface area contributed by atoms with E-state index in [1.807, 2.05) is 12.1 Å². The second kappa shape index (κ2) is 5.59. The van der Waals surface area contributed by atoms with Crippen LogP contribution in [0.4, 0.5) is 11.4 Å². The van der Waals surface area contributed by atoms with Crippen molar-refractivity contribution in [3.63, 3.8) is 0 Å². The molecular weight excluding hydrogens is 226 g/mol. The number of aliphatic hydroxyl groups is 1. The van der Waals surface area contributed by atoms with E-state index in [-0.39, 0.29) is 6.61 Å². The fraction of sp³-hybridized carbons (Fsp3) is 0.571. The van der Waals surface area contributed by atoms with Gasteiger partial charge in [0.05, 0.1) is 39.3 Å². The summed E-state index contributed by atoms with van der Waals surface area (Å²) in [5, 5.41) is 9.19. The van der Waals surface area contributed by atoms with Gasteiger partial charge in [0.15, 0.2) is 0 Å². The minimum atomic E-state index is 0.287. The lowest BCUT2D eigenvalue weighted by atomic mass is 10.2. The zero-order valence-corrected chi connectivity index (χ0v) is 11.2. The van der Waals surface area contributed by atoms with E-state index in [1.165, 1.54) is 5.69 Å². The van der Waals surface area contributed by atoms with E-state index >= 15 is 0 Å². The Morgan fingerprint density at radius 1 is 1.22 bits per heavy atom. The predicted octanol–water partition coefficient (Wildman–Crippen LogP) is 0.918. The summed E-state index contributed by atoms with van der Waals surface area (Å²) in [5.41, 5.74) is 7.78. The zero-order valence-electron chi connectivity index (χ0n) is 11.2. The Hall–Kier alpha value is -1.26. The van der Waals surface area contributed by atoms with E-state index in [0.717, 1.165) is 49.4 Å². The van der Waals surface area contributed by atoms with Gasteiger partial charge in [-0.3, -0.25) is 0 Å². The van der Waals surface area contributed by atoms with Gasteiger partial charge in [-0.25, -0.2) is 0 Å². The van der Waals surface area contributed by atoms with Crippen molar-refractivity contribution < 1.29 is 9.59 Å². The summed E-state index contributed by atoms with van der Waals surface area (Å²) in [7, 11) is 0. The molecule has 100 valence electrons. The fourth-order valence-electron chi connectivity index (χ4n) is 2.74. The number of aliphatic hydroxyl groups excluding tert-OH is 1. The van der Waals surface area contributed by atoms with Crippen molar-refractivity contribution in [1.29, 1.82) is 0 Å². The first-order chi connectivity index (χ1) is 8.69. The van der Waals surface area contributed by atoms with E-state index in [0.29, 0.717) is 0 Å². The highest BCUT2D eigenvalue weighted by molar-refractivity contribution is 5.53. The Kier molecular flexibility index (Phi) is 4.09. The molecule has 0 unspecified atom stereocenters. The minimum Gasteiger partial charge on any atom is -0.399 e. The molecule has 0 radical (unpaired) electrons. The molecule has 0 aromatic heterocycles.